The third-order valence-corrected chi connectivity index (χ3v) is 2.68. The summed E-state index contributed by atoms with van der Waals surface area (Å²) in [7, 11) is 0. The molecule has 1 N–H and O–H groups in total. The fraction of sp³-hybridized carbons (Fsp3) is 0.750. The van der Waals surface area contributed by atoms with Crippen LogP contribution >= 0.6 is 0 Å². The first kappa shape index (κ1) is 12.2. The van der Waals surface area contributed by atoms with Crippen molar-refractivity contribution in [2.45, 2.75) is 46.1 Å². The number of rotatable bonds is 7. The second-order valence-corrected chi connectivity index (χ2v) is 4.03. The third kappa shape index (κ3) is 3.67. The number of hydrogen-bond donors (Lipinski definition) is 1. The van der Waals surface area contributed by atoms with Crippen molar-refractivity contribution >= 4 is 0 Å². The van der Waals surface area contributed by atoms with E-state index in [4.69, 9.17) is 0 Å². The minimum absolute atomic E-state index is 0.559. The Morgan fingerprint density at radius 2 is 2.20 bits per heavy atom. The molecule has 0 spiro atoms. The molecule has 0 aliphatic carbocycles. The van der Waals surface area contributed by atoms with E-state index in [0.29, 0.717) is 6.04 Å². The molecule has 0 saturated heterocycles. The molecule has 0 saturated carbocycles. The van der Waals surface area contributed by atoms with Gasteiger partial charge in [0.2, 0.25) is 0 Å². The van der Waals surface area contributed by atoms with Crippen LogP contribution in [-0.4, -0.2) is 22.6 Å². The Bertz CT molecular complexity index is 268. The number of nitrogens with zero attached hydrogens (tertiary/aromatic N) is 2. The van der Waals surface area contributed by atoms with E-state index in [1.165, 1.54) is 19.3 Å². The highest BCUT2D eigenvalue weighted by Gasteiger charge is 2.10. The van der Waals surface area contributed by atoms with E-state index in [1.54, 1.807) is 0 Å². The molecule has 3 nitrogen and oxygen atoms in total. The minimum atomic E-state index is 0.559. The SMILES string of the molecule is CCCNCC(CCC)n1ccnc1C. The van der Waals surface area contributed by atoms with Gasteiger partial charge in [-0.3, -0.25) is 0 Å². The van der Waals surface area contributed by atoms with Gasteiger partial charge in [0.1, 0.15) is 5.82 Å². The van der Waals surface area contributed by atoms with Gasteiger partial charge in [-0.2, -0.15) is 0 Å². The van der Waals surface area contributed by atoms with Crippen molar-refractivity contribution < 1.29 is 0 Å². The van der Waals surface area contributed by atoms with E-state index in [9.17, 15) is 0 Å². The molecule has 3 heteroatoms. The van der Waals surface area contributed by atoms with Crippen molar-refractivity contribution in [2.24, 2.45) is 0 Å². The summed E-state index contributed by atoms with van der Waals surface area (Å²) >= 11 is 0. The van der Waals surface area contributed by atoms with E-state index >= 15 is 0 Å². The van der Waals surface area contributed by atoms with E-state index < -0.39 is 0 Å². The zero-order valence-corrected chi connectivity index (χ0v) is 10.2. The Morgan fingerprint density at radius 1 is 1.40 bits per heavy atom. The molecule has 0 radical (unpaired) electrons. The van der Waals surface area contributed by atoms with E-state index in [1.807, 2.05) is 6.20 Å². The lowest BCUT2D eigenvalue weighted by Crippen LogP contribution is -2.26. The molecule has 1 heterocycles. The number of imidazole rings is 1. The second kappa shape index (κ2) is 6.62. The van der Waals surface area contributed by atoms with Crippen molar-refractivity contribution in [1.29, 1.82) is 0 Å². The van der Waals surface area contributed by atoms with Gasteiger partial charge in [0, 0.05) is 25.0 Å². The largest absolute Gasteiger partial charge is 0.331 e. The second-order valence-electron chi connectivity index (χ2n) is 4.03. The molecule has 0 amide bonds. The minimum Gasteiger partial charge on any atom is -0.331 e. The monoisotopic (exact) mass is 209 g/mol. The molecular formula is C12H23N3. The van der Waals surface area contributed by atoms with Gasteiger partial charge >= 0.3 is 0 Å². The van der Waals surface area contributed by atoms with Gasteiger partial charge in [-0.25, -0.2) is 4.98 Å². The van der Waals surface area contributed by atoms with Gasteiger partial charge in [-0.15, -0.1) is 0 Å². The lowest BCUT2D eigenvalue weighted by molar-refractivity contribution is 0.421. The molecule has 1 unspecified atom stereocenters. The van der Waals surface area contributed by atoms with E-state index in [2.05, 4.69) is 41.8 Å². The van der Waals surface area contributed by atoms with Crippen LogP contribution in [0.4, 0.5) is 0 Å². The first-order chi connectivity index (χ1) is 7.29. The average Bonchev–Trinajstić information content (AvgIpc) is 2.64. The van der Waals surface area contributed by atoms with Crippen LogP contribution in [0.1, 0.15) is 45.0 Å². The van der Waals surface area contributed by atoms with Crippen LogP contribution in [0.15, 0.2) is 12.4 Å². The normalized spacial score (nSPS) is 13.0. The lowest BCUT2D eigenvalue weighted by Gasteiger charge is -2.19. The Labute approximate surface area is 92.9 Å². The van der Waals surface area contributed by atoms with Crippen LogP contribution in [0.3, 0.4) is 0 Å². The molecule has 0 aliphatic heterocycles. The van der Waals surface area contributed by atoms with E-state index in [-0.39, 0.29) is 0 Å². The van der Waals surface area contributed by atoms with Gasteiger partial charge in [-0.05, 0) is 26.3 Å². The fourth-order valence-electron chi connectivity index (χ4n) is 1.89. The van der Waals surface area contributed by atoms with Crippen molar-refractivity contribution in [3.05, 3.63) is 18.2 Å². The molecule has 0 fully saturated rings. The number of aryl methyl sites for hydroxylation is 1. The summed E-state index contributed by atoms with van der Waals surface area (Å²) < 4.78 is 2.28. The number of hydrogen-bond acceptors (Lipinski definition) is 2. The van der Waals surface area contributed by atoms with Gasteiger partial charge in [0.05, 0.1) is 0 Å². The maximum Gasteiger partial charge on any atom is 0.105 e. The topological polar surface area (TPSA) is 29.9 Å². The Hall–Kier alpha value is -0.830. The van der Waals surface area contributed by atoms with Crippen LogP contribution < -0.4 is 5.32 Å². The lowest BCUT2D eigenvalue weighted by atomic mass is 10.1. The highest BCUT2D eigenvalue weighted by molar-refractivity contribution is 4.92. The summed E-state index contributed by atoms with van der Waals surface area (Å²) in [6, 6.07) is 0.559. The van der Waals surface area contributed by atoms with Crippen LogP contribution in [0.2, 0.25) is 0 Å². The molecular weight excluding hydrogens is 186 g/mol. The first-order valence-electron chi connectivity index (χ1n) is 5.99. The third-order valence-electron chi connectivity index (χ3n) is 2.68. The summed E-state index contributed by atoms with van der Waals surface area (Å²) in [5.41, 5.74) is 0. The highest BCUT2D eigenvalue weighted by atomic mass is 15.1. The summed E-state index contributed by atoms with van der Waals surface area (Å²) in [6.07, 6.45) is 7.60. The van der Waals surface area contributed by atoms with Crippen molar-refractivity contribution in [1.82, 2.24) is 14.9 Å². The zero-order chi connectivity index (χ0) is 11.1. The van der Waals surface area contributed by atoms with Gasteiger partial charge in [0.15, 0.2) is 0 Å². The maximum atomic E-state index is 4.28. The van der Waals surface area contributed by atoms with Crippen LogP contribution in [0, 0.1) is 6.92 Å². The van der Waals surface area contributed by atoms with Crippen LogP contribution in [0.25, 0.3) is 0 Å². The molecule has 0 aromatic carbocycles. The Kier molecular flexibility index (Phi) is 5.40. The molecule has 1 aromatic rings. The fourth-order valence-corrected chi connectivity index (χ4v) is 1.89. The van der Waals surface area contributed by atoms with Gasteiger partial charge in [-0.1, -0.05) is 20.3 Å². The summed E-state index contributed by atoms with van der Waals surface area (Å²) in [4.78, 5) is 4.28. The van der Waals surface area contributed by atoms with Crippen LogP contribution in [-0.2, 0) is 0 Å². The molecule has 0 bridgehead atoms. The maximum absolute atomic E-state index is 4.28. The predicted octanol–water partition coefficient (Wildman–Crippen LogP) is 2.53. The standard InChI is InChI=1S/C12H23N3/c1-4-6-12(10-13-7-5-2)15-9-8-14-11(15)3/h8-9,12-13H,4-7,10H2,1-3H3. The Morgan fingerprint density at radius 3 is 2.73 bits per heavy atom. The molecule has 1 atom stereocenters. The van der Waals surface area contributed by atoms with Crippen molar-refractivity contribution in [2.75, 3.05) is 13.1 Å². The molecule has 1 rings (SSSR count). The predicted molar refractivity (Wildman–Crippen MR) is 64.1 cm³/mol. The quantitative estimate of drug-likeness (QED) is 0.699. The number of nitrogens with one attached hydrogen (secondary N) is 1. The number of aromatic nitrogens is 2. The zero-order valence-electron chi connectivity index (χ0n) is 10.2. The van der Waals surface area contributed by atoms with Gasteiger partial charge in [0.25, 0.3) is 0 Å². The van der Waals surface area contributed by atoms with E-state index in [0.717, 1.165) is 18.9 Å². The highest BCUT2D eigenvalue weighted by Crippen LogP contribution is 2.14. The van der Waals surface area contributed by atoms with Crippen molar-refractivity contribution in [3.8, 4) is 0 Å². The molecule has 86 valence electrons. The molecule has 15 heavy (non-hydrogen) atoms. The smallest absolute Gasteiger partial charge is 0.105 e. The van der Waals surface area contributed by atoms with Crippen LogP contribution in [0.5, 0.6) is 0 Å². The average molecular weight is 209 g/mol. The summed E-state index contributed by atoms with van der Waals surface area (Å²) in [5.74, 6) is 1.12. The van der Waals surface area contributed by atoms with Crippen molar-refractivity contribution in [3.63, 3.8) is 0 Å². The van der Waals surface area contributed by atoms with Gasteiger partial charge < -0.3 is 9.88 Å². The molecule has 1 aromatic heterocycles. The Balaban J connectivity index is 2.53. The molecule has 0 aliphatic rings. The summed E-state index contributed by atoms with van der Waals surface area (Å²) in [6.45, 7) is 8.67. The first-order valence-corrected chi connectivity index (χ1v) is 5.99. The summed E-state index contributed by atoms with van der Waals surface area (Å²) in [5, 5.41) is 3.49.